The molecule has 0 aromatic heterocycles. The fraction of sp³-hybridized carbons (Fsp3) is 0.929. The highest BCUT2D eigenvalue weighted by Crippen LogP contribution is 2.33. The molecule has 1 aliphatic carbocycles. The summed E-state index contributed by atoms with van der Waals surface area (Å²) in [5, 5.41) is 0. The minimum absolute atomic E-state index is 0.00625. The van der Waals surface area contributed by atoms with E-state index >= 15 is 0 Å². The van der Waals surface area contributed by atoms with Gasteiger partial charge in [-0.05, 0) is 51.5 Å². The average Bonchev–Trinajstić information content (AvgIpc) is 2.76. The number of ether oxygens (including phenoxy) is 1. The second kappa shape index (κ2) is 5.85. The molecule has 0 spiro atoms. The summed E-state index contributed by atoms with van der Waals surface area (Å²) in [7, 11) is 0. The largest absolute Gasteiger partial charge is 0.465 e. The van der Waals surface area contributed by atoms with E-state index in [1.165, 1.54) is 32.1 Å². The fourth-order valence-corrected chi connectivity index (χ4v) is 3.36. The molecule has 0 unspecified atom stereocenters. The zero-order valence-electron chi connectivity index (χ0n) is 11.2. The monoisotopic (exact) mass is 239 g/mol. The van der Waals surface area contributed by atoms with Gasteiger partial charge < -0.3 is 4.74 Å². The third-order valence-corrected chi connectivity index (χ3v) is 4.24. The summed E-state index contributed by atoms with van der Waals surface area (Å²) in [6.45, 7) is 5.80. The Balaban J connectivity index is 1.99. The number of piperidine rings is 1. The van der Waals surface area contributed by atoms with Crippen LogP contribution in [-0.4, -0.2) is 36.1 Å². The minimum atomic E-state index is 0.00625. The molecular weight excluding hydrogens is 214 g/mol. The number of rotatable bonds is 3. The van der Waals surface area contributed by atoms with Gasteiger partial charge in [0, 0.05) is 6.04 Å². The van der Waals surface area contributed by atoms with Crippen molar-refractivity contribution in [2.75, 3.05) is 13.2 Å². The molecule has 2 rings (SSSR count). The lowest BCUT2D eigenvalue weighted by Crippen LogP contribution is -2.49. The summed E-state index contributed by atoms with van der Waals surface area (Å²) in [6.07, 6.45) is 7.23. The molecule has 0 aromatic carbocycles. The van der Waals surface area contributed by atoms with Crippen molar-refractivity contribution in [3.05, 3.63) is 0 Å². The van der Waals surface area contributed by atoms with Crippen LogP contribution in [0.2, 0.25) is 0 Å². The van der Waals surface area contributed by atoms with Crippen LogP contribution in [0.4, 0.5) is 0 Å². The lowest BCUT2D eigenvalue weighted by molar-refractivity contribution is -0.152. The normalized spacial score (nSPS) is 34.8. The van der Waals surface area contributed by atoms with Crippen molar-refractivity contribution in [2.24, 2.45) is 5.92 Å². The number of carbonyl (C=O) groups excluding carboxylic acids is 1. The number of hydrogen-bond acceptors (Lipinski definition) is 3. The molecule has 3 heteroatoms. The van der Waals surface area contributed by atoms with Crippen LogP contribution in [0.25, 0.3) is 0 Å². The summed E-state index contributed by atoms with van der Waals surface area (Å²) < 4.78 is 5.22. The Morgan fingerprint density at radius 1 is 1.29 bits per heavy atom. The predicted octanol–water partition coefficient (Wildman–Crippen LogP) is 2.59. The fourth-order valence-electron chi connectivity index (χ4n) is 3.36. The first-order chi connectivity index (χ1) is 8.22. The molecule has 0 radical (unpaired) electrons. The molecule has 2 aliphatic rings. The molecule has 1 aliphatic heterocycles. The molecular formula is C14H25NO2. The highest BCUT2D eigenvalue weighted by molar-refractivity contribution is 5.76. The van der Waals surface area contributed by atoms with Crippen molar-refractivity contribution in [3.8, 4) is 0 Å². The summed E-state index contributed by atoms with van der Waals surface area (Å²) in [5.74, 6) is 0.830. The van der Waals surface area contributed by atoms with E-state index in [4.69, 9.17) is 4.74 Å². The van der Waals surface area contributed by atoms with E-state index in [1.807, 2.05) is 6.92 Å². The zero-order chi connectivity index (χ0) is 12.3. The van der Waals surface area contributed by atoms with Gasteiger partial charge in [-0.15, -0.1) is 0 Å². The van der Waals surface area contributed by atoms with Crippen molar-refractivity contribution in [3.63, 3.8) is 0 Å². The van der Waals surface area contributed by atoms with Crippen LogP contribution in [0.15, 0.2) is 0 Å². The molecule has 3 atom stereocenters. The highest BCUT2D eigenvalue weighted by atomic mass is 16.5. The van der Waals surface area contributed by atoms with Crippen LogP contribution in [0, 0.1) is 5.92 Å². The molecule has 1 heterocycles. The van der Waals surface area contributed by atoms with Gasteiger partial charge in [-0.25, -0.2) is 0 Å². The quantitative estimate of drug-likeness (QED) is 0.709. The van der Waals surface area contributed by atoms with Gasteiger partial charge in [0.1, 0.15) is 6.04 Å². The lowest BCUT2D eigenvalue weighted by atomic mass is 9.98. The van der Waals surface area contributed by atoms with Gasteiger partial charge in [0.15, 0.2) is 0 Å². The van der Waals surface area contributed by atoms with Gasteiger partial charge in [-0.1, -0.05) is 13.3 Å². The van der Waals surface area contributed by atoms with E-state index in [2.05, 4.69) is 11.8 Å². The van der Waals surface area contributed by atoms with Crippen LogP contribution >= 0.6 is 0 Å². The number of likely N-dealkylation sites (tertiary alicyclic amines) is 1. The van der Waals surface area contributed by atoms with Gasteiger partial charge in [0.25, 0.3) is 0 Å². The maximum absolute atomic E-state index is 12.0. The summed E-state index contributed by atoms with van der Waals surface area (Å²) >= 11 is 0. The topological polar surface area (TPSA) is 29.5 Å². The summed E-state index contributed by atoms with van der Waals surface area (Å²) in [5.41, 5.74) is 0. The molecule has 1 saturated heterocycles. The molecule has 0 bridgehead atoms. The van der Waals surface area contributed by atoms with Crippen LogP contribution in [-0.2, 0) is 9.53 Å². The molecule has 0 amide bonds. The Morgan fingerprint density at radius 2 is 2.12 bits per heavy atom. The third kappa shape index (κ3) is 3.01. The maximum Gasteiger partial charge on any atom is 0.323 e. The van der Waals surface area contributed by atoms with Crippen LogP contribution in [0.5, 0.6) is 0 Å². The Labute approximate surface area is 105 Å². The summed E-state index contributed by atoms with van der Waals surface area (Å²) in [6, 6.07) is 0.665. The Morgan fingerprint density at radius 3 is 2.76 bits per heavy atom. The second-order valence-electron chi connectivity index (χ2n) is 5.57. The van der Waals surface area contributed by atoms with Crippen LogP contribution in [0.3, 0.4) is 0 Å². The highest BCUT2D eigenvalue weighted by Gasteiger charge is 2.36. The average molecular weight is 239 g/mol. The van der Waals surface area contributed by atoms with Crippen LogP contribution < -0.4 is 0 Å². The molecule has 0 N–H and O–H groups in total. The van der Waals surface area contributed by atoms with E-state index in [1.54, 1.807) is 0 Å². The predicted molar refractivity (Wildman–Crippen MR) is 67.8 cm³/mol. The Kier molecular flexibility index (Phi) is 4.43. The van der Waals surface area contributed by atoms with Gasteiger partial charge in [-0.3, -0.25) is 9.69 Å². The van der Waals surface area contributed by atoms with E-state index in [0.717, 1.165) is 18.9 Å². The maximum atomic E-state index is 12.0. The van der Waals surface area contributed by atoms with Gasteiger partial charge in [-0.2, -0.15) is 0 Å². The standard InChI is InChI=1S/C14H25NO2/c1-3-17-14(16)13-6-4-5-9-15(13)12-8-7-11(2)10-12/h11-13H,3-10H2,1-2H3/t11-,12+,13-/m0/s1. The second-order valence-corrected chi connectivity index (χ2v) is 5.57. The van der Waals surface area contributed by atoms with Crippen molar-refractivity contribution < 1.29 is 9.53 Å². The van der Waals surface area contributed by atoms with Crippen molar-refractivity contribution in [2.45, 2.75) is 64.5 Å². The van der Waals surface area contributed by atoms with Crippen molar-refractivity contribution >= 4 is 5.97 Å². The van der Waals surface area contributed by atoms with Crippen molar-refractivity contribution in [1.82, 2.24) is 4.90 Å². The molecule has 1 saturated carbocycles. The molecule has 3 nitrogen and oxygen atoms in total. The lowest BCUT2D eigenvalue weighted by Gasteiger charge is -2.38. The van der Waals surface area contributed by atoms with E-state index in [-0.39, 0.29) is 12.0 Å². The number of hydrogen-bond donors (Lipinski definition) is 0. The number of carbonyl (C=O) groups is 1. The first-order valence-corrected chi connectivity index (χ1v) is 7.14. The minimum Gasteiger partial charge on any atom is -0.465 e. The van der Waals surface area contributed by atoms with Crippen LogP contribution in [0.1, 0.15) is 52.4 Å². The first kappa shape index (κ1) is 12.9. The van der Waals surface area contributed by atoms with E-state index < -0.39 is 0 Å². The molecule has 17 heavy (non-hydrogen) atoms. The van der Waals surface area contributed by atoms with Crippen molar-refractivity contribution in [1.29, 1.82) is 0 Å². The number of esters is 1. The summed E-state index contributed by atoms with van der Waals surface area (Å²) in [4.78, 5) is 14.4. The Hall–Kier alpha value is -0.570. The molecule has 0 aromatic rings. The van der Waals surface area contributed by atoms with Gasteiger partial charge in [0.05, 0.1) is 6.61 Å². The smallest absolute Gasteiger partial charge is 0.323 e. The molecule has 2 fully saturated rings. The van der Waals surface area contributed by atoms with Gasteiger partial charge >= 0.3 is 5.97 Å². The third-order valence-electron chi connectivity index (χ3n) is 4.24. The van der Waals surface area contributed by atoms with E-state index in [0.29, 0.717) is 12.6 Å². The first-order valence-electron chi connectivity index (χ1n) is 7.14. The van der Waals surface area contributed by atoms with Gasteiger partial charge in [0.2, 0.25) is 0 Å². The SMILES string of the molecule is CCOC(=O)[C@@H]1CCCCN1[C@@H]1CC[C@H](C)C1. The number of nitrogens with zero attached hydrogens (tertiary/aromatic N) is 1. The van der Waals surface area contributed by atoms with E-state index in [9.17, 15) is 4.79 Å². The Bertz CT molecular complexity index is 267. The molecule has 98 valence electrons. The zero-order valence-corrected chi connectivity index (χ0v) is 11.2.